The standard InChI is InChI=1S/C19H19ClFN5O2/c1-25(10-11-3-5-12(28-2)6-4-11)15-8-17(20)24-26-16(9-22-18(15)26)19(27)23-14-7-13(14)21/h3-6,8-9,13-14H,7,10H2,1-2H3,(H,23,27)/t13-,14?/m0/s1. The number of carbonyl (C=O) groups is 1. The first kappa shape index (κ1) is 18.5. The van der Waals surface area contributed by atoms with E-state index in [-0.39, 0.29) is 10.8 Å². The second kappa shape index (κ2) is 7.27. The molecule has 0 bridgehead atoms. The number of anilines is 1. The van der Waals surface area contributed by atoms with Crippen LogP contribution in [0.15, 0.2) is 36.5 Å². The van der Waals surface area contributed by atoms with Crippen molar-refractivity contribution < 1.29 is 13.9 Å². The molecule has 2 heterocycles. The predicted octanol–water partition coefficient (Wildman–Crippen LogP) is 2.87. The lowest BCUT2D eigenvalue weighted by molar-refractivity contribution is 0.0940. The Morgan fingerprint density at radius 3 is 2.79 bits per heavy atom. The third kappa shape index (κ3) is 3.60. The Morgan fingerprint density at radius 2 is 2.14 bits per heavy atom. The second-order valence-electron chi connectivity index (χ2n) is 6.77. The number of imidazole rings is 1. The SMILES string of the molecule is COc1ccc(CN(C)c2cc(Cl)nn3c(C(=O)NC4C[C@@H]4F)cnc23)cc1. The summed E-state index contributed by atoms with van der Waals surface area (Å²) in [6.07, 6.45) is 0.784. The summed E-state index contributed by atoms with van der Waals surface area (Å²) in [6, 6.07) is 9.01. The predicted molar refractivity (Wildman–Crippen MR) is 104 cm³/mol. The van der Waals surface area contributed by atoms with Gasteiger partial charge in [-0.15, -0.1) is 0 Å². The van der Waals surface area contributed by atoms with E-state index in [4.69, 9.17) is 16.3 Å². The minimum atomic E-state index is -0.981. The molecule has 0 radical (unpaired) electrons. The molecule has 0 aliphatic heterocycles. The Balaban J connectivity index is 1.61. The number of aromatic nitrogens is 3. The Hall–Kier alpha value is -2.87. The first-order valence-corrected chi connectivity index (χ1v) is 9.17. The molecule has 1 unspecified atom stereocenters. The zero-order valence-corrected chi connectivity index (χ0v) is 16.2. The quantitative estimate of drug-likeness (QED) is 0.685. The number of nitrogens with one attached hydrogen (secondary N) is 1. The van der Waals surface area contributed by atoms with Crippen LogP contribution < -0.4 is 15.0 Å². The number of carbonyl (C=O) groups excluding carboxylic acids is 1. The number of fused-ring (bicyclic) bond motifs is 1. The average molecular weight is 404 g/mol. The van der Waals surface area contributed by atoms with Gasteiger partial charge in [-0.05, 0) is 17.7 Å². The topological polar surface area (TPSA) is 71.8 Å². The zero-order valence-electron chi connectivity index (χ0n) is 15.4. The highest BCUT2D eigenvalue weighted by atomic mass is 35.5. The van der Waals surface area contributed by atoms with Gasteiger partial charge in [0.1, 0.15) is 11.9 Å². The number of methoxy groups -OCH3 is 1. The normalized spacial score (nSPS) is 18.1. The van der Waals surface area contributed by atoms with Gasteiger partial charge in [-0.25, -0.2) is 13.9 Å². The fourth-order valence-corrected chi connectivity index (χ4v) is 3.18. The fourth-order valence-electron chi connectivity index (χ4n) is 3.00. The summed E-state index contributed by atoms with van der Waals surface area (Å²) in [4.78, 5) is 18.7. The molecule has 7 nitrogen and oxygen atoms in total. The summed E-state index contributed by atoms with van der Waals surface area (Å²) < 4.78 is 19.7. The van der Waals surface area contributed by atoms with Crippen molar-refractivity contribution in [3.05, 3.63) is 52.9 Å². The van der Waals surface area contributed by atoms with E-state index in [1.165, 1.54) is 10.7 Å². The first-order valence-electron chi connectivity index (χ1n) is 8.79. The smallest absolute Gasteiger partial charge is 0.271 e. The van der Waals surface area contributed by atoms with Crippen molar-refractivity contribution >= 4 is 28.8 Å². The van der Waals surface area contributed by atoms with Gasteiger partial charge < -0.3 is 15.0 Å². The number of hydrogen-bond acceptors (Lipinski definition) is 5. The molecule has 1 amide bonds. The highest BCUT2D eigenvalue weighted by molar-refractivity contribution is 6.29. The summed E-state index contributed by atoms with van der Waals surface area (Å²) in [5, 5.41) is 7.06. The van der Waals surface area contributed by atoms with Gasteiger partial charge in [-0.1, -0.05) is 23.7 Å². The van der Waals surface area contributed by atoms with E-state index >= 15 is 0 Å². The maximum atomic E-state index is 13.1. The lowest BCUT2D eigenvalue weighted by Crippen LogP contribution is -2.28. The van der Waals surface area contributed by atoms with Crippen molar-refractivity contribution in [2.75, 3.05) is 19.1 Å². The summed E-state index contributed by atoms with van der Waals surface area (Å²) in [6.45, 7) is 0.597. The van der Waals surface area contributed by atoms with Crippen LogP contribution in [0.1, 0.15) is 22.5 Å². The van der Waals surface area contributed by atoms with Gasteiger partial charge in [0.2, 0.25) is 0 Å². The van der Waals surface area contributed by atoms with Crippen molar-refractivity contribution in [3.8, 4) is 5.75 Å². The van der Waals surface area contributed by atoms with Gasteiger partial charge in [-0.2, -0.15) is 5.10 Å². The van der Waals surface area contributed by atoms with Crippen molar-refractivity contribution in [2.24, 2.45) is 0 Å². The number of rotatable bonds is 6. The highest BCUT2D eigenvalue weighted by Gasteiger charge is 2.39. The largest absolute Gasteiger partial charge is 0.497 e. The van der Waals surface area contributed by atoms with Gasteiger partial charge in [0, 0.05) is 26.1 Å². The molecule has 1 aromatic carbocycles. The van der Waals surface area contributed by atoms with Crippen LogP contribution in [0.4, 0.5) is 10.1 Å². The number of halogens is 2. The van der Waals surface area contributed by atoms with Crippen molar-refractivity contribution in [1.82, 2.24) is 19.9 Å². The molecule has 1 saturated carbocycles. The zero-order chi connectivity index (χ0) is 19.8. The van der Waals surface area contributed by atoms with E-state index in [0.29, 0.717) is 18.6 Å². The monoisotopic (exact) mass is 403 g/mol. The molecular formula is C19H19ClFN5O2. The number of nitrogens with zero attached hydrogens (tertiary/aromatic N) is 4. The molecular weight excluding hydrogens is 385 g/mol. The van der Waals surface area contributed by atoms with Gasteiger partial charge in [0.25, 0.3) is 5.91 Å². The minimum Gasteiger partial charge on any atom is -0.497 e. The summed E-state index contributed by atoms with van der Waals surface area (Å²) >= 11 is 6.19. The van der Waals surface area contributed by atoms with Crippen LogP contribution in [0.3, 0.4) is 0 Å². The molecule has 146 valence electrons. The van der Waals surface area contributed by atoms with E-state index in [9.17, 15) is 9.18 Å². The van der Waals surface area contributed by atoms with Crippen LogP contribution in [0.5, 0.6) is 5.75 Å². The average Bonchev–Trinajstić information content (AvgIpc) is 3.20. The Bertz CT molecular complexity index is 1020. The summed E-state index contributed by atoms with van der Waals surface area (Å²) in [5.41, 5.74) is 2.51. The third-order valence-corrected chi connectivity index (χ3v) is 4.85. The number of ether oxygens (including phenoxy) is 1. The summed E-state index contributed by atoms with van der Waals surface area (Å²) in [5.74, 6) is 0.368. The number of benzene rings is 1. The van der Waals surface area contributed by atoms with E-state index in [2.05, 4.69) is 15.4 Å². The third-order valence-electron chi connectivity index (χ3n) is 4.67. The molecule has 2 aromatic heterocycles. The van der Waals surface area contributed by atoms with Crippen LogP contribution in [0, 0.1) is 0 Å². The van der Waals surface area contributed by atoms with Gasteiger partial charge in [0.05, 0.1) is 25.0 Å². The van der Waals surface area contributed by atoms with Crippen molar-refractivity contribution in [3.63, 3.8) is 0 Å². The fraction of sp³-hybridized carbons (Fsp3) is 0.316. The van der Waals surface area contributed by atoms with Gasteiger partial charge in [0.15, 0.2) is 16.5 Å². The molecule has 3 aromatic rings. The van der Waals surface area contributed by atoms with Crippen molar-refractivity contribution in [2.45, 2.75) is 25.2 Å². The molecule has 1 aliphatic rings. The van der Waals surface area contributed by atoms with Gasteiger partial charge >= 0.3 is 0 Å². The molecule has 4 rings (SSSR count). The molecule has 1 N–H and O–H groups in total. The van der Waals surface area contributed by atoms with E-state index < -0.39 is 18.1 Å². The van der Waals surface area contributed by atoms with Crippen LogP contribution >= 0.6 is 11.6 Å². The Kier molecular flexibility index (Phi) is 4.80. The van der Waals surface area contributed by atoms with Crippen molar-refractivity contribution in [1.29, 1.82) is 0 Å². The number of alkyl halides is 1. The van der Waals surface area contributed by atoms with Crippen LogP contribution in [-0.2, 0) is 6.54 Å². The molecule has 1 fully saturated rings. The highest BCUT2D eigenvalue weighted by Crippen LogP contribution is 2.27. The van der Waals surface area contributed by atoms with Crippen LogP contribution in [0.25, 0.3) is 5.65 Å². The second-order valence-corrected chi connectivity index (χ2v) is 7.15. The molecule has 1 aliphatic carbocycles. The number of amides is 1. The van der Waals surface area contributed by atoms with Crippen LogP contribution in [0.2, 0.25) is 5.15 Å². The van der Waals surface area contributed by atoms with Gasteiger partial charge in [-0.3, -0.25) is 4.79 Å². The van der Waals surface area contributed by atoms with E-state index in [1.807, 2.05) is 36.2 Å². The molecule has 0 saturated heterocycles. The minimum absolute atomic E-state index is 0.218. The van der Waals surface area contributed by atoms with E-state index in [1.54, 1.807) is 13.2 Å². The molecule has 2 atom stereocenters. The lowest BCUT2D eigenvalue weighted by Gasteiger charge is -2.20. The number of hydrogen-bond donors (Lipinski definition) is 1. The lowest BCUT2D eigenvalue weighted by atomic mass is 10.2. The molecule has 28 heavy (non-hydrogen) atoms. The molecule has 9 heteroatoms. The maximum Gasteiger partial charge on any atom is 0.271 e. The van der Waals surface area contributed by atoms with E-state index in [0.717, 1.165) is 17.0 Å². The molecule has 0 spiro atoms. The maximum absolute atomic E-state index is 13.1. The van der Waals surface area contributed by atoms with Crippen LogP contribution in [-0.4, -0.2) is 46.9 Å². The summed E-state index contributed by atoms with van der Waals surface area (Å²) in [7, 11) is 3.53. The Morgan fingerprint density at radius 1 is 1.43 bits per heavy atom. The first-order chi connectivity index (χ1) is 13.5. The Labute approximate surface area is 166 Å².